The molecule has 1 saturated heterocycles. The van der Waals surface area contributed by atoms with E-state index in [0.717, 1.165) is 36.7 Å². The molecular formula is C12H20ClN3OS. The van der Waals surface area contributed by atoms with Crippen molar-refractivity contribution in [2.45, 2.75) is 32.0 Å². The van der Waals surface area contributed by atoms with Gasteiger partial charge in [0, 0.05) is 24.6 Å². The van der Waals surface area contributed by atoms with Gasteiger partial charge in [0.25, 0.3) is 0 Å². The second-order valence-corrected chi connectivity index (χ2v) is 6.23. The van der Waals surface area contributed by atoms with Gasteiger partial charge in [-0.25, -0.2) is 0 Å². The number of likely N-dealkylation sites (N-methyl/N-ethyl adjacent to an activating group) is 1. The molecular weight excluding hydrogens is 270 g/mol. The minimum Gasteiger partial charge on any atom is -0.385 e. The van der Waals surface area contributed by atoms with Crippen molar-refractivity contribution in [3.05, 3.63) is 16.9 Å². The van der Waals surface area contributed by atoms with E-state index >= 15 is 0 Å². The molecule has 2 rings (SSSR count). The molecule has 6 heteroatoms. The Bertz CT molecular complexity index is 399. The zero-order chi connectivity index (χ0) is 13.1. The summed E-state index contributed by atoms with van der Waals surface area (Å²) in [5.74, 6) is 2.06. The van der Waals surface area contributed by atoms with E-state index in [9.17, 15) is 5.11 Å². The summed E-state index contributed by atoms with van der Waals surface area (Å²) in [6.07, 6.45) is 2.04. The molecule has 1 aromatic rings. The third-order valence-electron chi connectivity index (χ3n) is 3.36. The molecule has 0 aliphatic carbocycles. The first-order valence-electron chi connectivity index (χ1n) is 6.32. The van der Waals surface area contributed by atoms with Crippen molar-refractivity contribution in [3.63, 3.8) is 0 Å². The van der Waals surface area contributed by atoms with Gasteiger partial charge in [-0.2, -0.15) is 16.9 Å². The maximum Gasteiger partial charge on any atom is 0.113 e. The lowest BCUT2D eigenvalue weighted by Crippen LogP contribution is -2.43. The van der Waals surface area contributed by atoms with Gasteiger partial charge in [-0.05, 0) is 13.5 Å². The van der Waals surface area contributed by atoms with Gasteiger partial charge in [-0.3, -0.25) is 9.58 Å². The minimum atomic E-state index is -0.565. The Morgan fingerprint density at radius 1 is 1.67 bits per heavy atom. The van der Waals surface area contributed by atoms with Crippen molar-refractivity contribution in [2.24, 2.45) is 0 Å². The van der Waals surface area contributed by atoms with Gasteiger partial charge in [-0.15, -0.1) is 0 Å². The molecule has 2 atom stereocenters. The fourth-order valence-electron chi connectivity index (χ4n) is 2.28. The van der Waals surface area contributed by atoms with Crippen LogP contribution >= 0.6 is 23.4 Å². The first-order chi connectivity index (χ1) is 8.65. The van der Waals surface area contributed by atoms with Crippen LogP contribution in [0.15, 0.2) is 6.20 Å². The zero-order valence-corrected chi connectivity index (χ0v) is 12.4. The van der Waals surface area contributed by atoms with Crippen LogP contribution < -0.4 is 0 Å². The van der Waals surface area contributed by atoms with Crippen LogP contribution in [0, 0.1) is 0 Å². The van der Waals surface area contributed by atoms with E-state index in [1.54, 1.807) is 6.20 Å². The maximum absolute atomic E-state index is 10.6. The summed E-state index contributed by atoms with van der Waals surface area (Å²) >= 11 is 8.06. The van der Waals surface area contributed by atoms with Gasteiger partial charge in [0.05, 0.1) is 23.0 Å². The summed E-state index contributed by atoms with van der Waals surface area (Å²) < 4.78 is 1.83. The van der Waals surface area contributed by atoms with E-state index in [1.165, 1.54) is 0 Å². The number of hydrogen-bond donors (Lipinski definition) is 1. The van der Waals surface area contributed by atoms with Gasteiger partial charge in [-0.1, -0.05) is 18.5 Å². The first-order valence-corrected chi connectivity index (χ1v) is 7.85. The highest BCUT2D eigenvalue weighted by Gasteiger charge is 2.31. The summed E-state index contributed by atoms with van der Waals surface area (Å²) in [6.45, 7) is 3.89. The zero-order valence-electron chi connectivity index (χ0n) is 10.8. The molecule has 0 amide bonds. The molecule has 0 aromatic carbocycles. The van der Waals surface area contributed by atoms with Crippen molar-refractivity contribution < 1.29 is 5.11 Å². The second kappa shape index (κ2) is 6.28. The predicted octanol–water partition coefficient (Wildman–Crippen LogP) is 2.03. The smallest absolute Gasteiger partial charge is 0.113 e. The van der Waals surface area contributed by atoms with Crippen molar-refractivity contribution in [1.82, 2.24) is 14.7 Å². The summed E-state index contributed by atoms with van der Waals surface area (Å²) in [5.41, 5.74) is 0.762. The number of hydrogen-bond acceptors (Lipinski definition) is 4. The Morgan fingerprint density at radius 3 is 3.11 bits per heavy atom. The molecule has 1 fully saturated rings. The van der Waals surface area contributed by atoms with Crippen LogP contribution in [0.1, 0.15) is 25.1 Å². The molecule has 0 bridgehead atoms. The molecule has 2 unspecified atom stereocenters. The van der Waals surface area contributed by atoms with Crippen LogP contribution in [-0.4, -0.2) is 50.9 Å². The third kappa shape index (κ3) is 2.85. The number of thioether (sulfide) groups is 1. The van der Waals surface area contributed by atoms with Crippen LogP contribution in [0.25, 0.3) is 0 Å². The van der Waals surface area contributed by atoms with Crippen molar-refractivity contribution in [1.29, 1.82) is 0 Å². The summed E-state index contributed by atoms with van der Waals surface area (Å²) in [7, 11) is 2.06. The normalized spacial score (nSPS) is 23.2. The third-order valence-corrected chi connectivity index (χ3v) is 4.70. The van der Waals surface area contributed by atoms with Gasteiger partial charge >= 0.3 is 0 Å². The topological polar surface area (TPSA) is 41.3 Å². The monoisotopic (exact) mass is 289 g/mol. The molecule has 1 aliphatic heterocycles. The molecule has 1 aliphatic rings. The summed E-state index contributed by atoms with van der Waals surface area (Å²) in [6, 6.07) is 0.119. The van der Waals surface area contributed by atoms with Gasteiger partial charge in [0.15, 0.2) is 0 Å². The number of aliphatic hydroxyl groups excluding tert-OH is 1. The number of aromatic nitrogens is 2. The molecule has 18 heavy (non-hydrogen) atoms. The Morgan fingerprint density at radius 2 is 2.44 bits per heavy atom. The van der Waals surface area contributed by atoms with E-state index in [4.69, 9.17) is 11.6 Å². The van der Waals surface area contributed by atoms with Crippen molar-refractivity contribution >= 4 is 23.4 Å². The summed E-state index contributed by atoms with van der Waals surface area (Å²) in [5, 5.41) is 15.4. The molecule has 1 aromatic heterocycles. The average Bonchev–Trinajstić information content (AvgIpc) is 2.71. The van der Waals surface area contributed by atoms with Crippen molar-refractivity contribution in [2.75, 3.05) is 25.1 Å². The number of rotatable bonds is 4. The quantitative estimate of drug-likeness (QED) is 0.921. The molecule has 0 saturated carbocycles. The highest BCUT2D eigenvalue weighted by molar-refractivity contribution is 7.99. The molecule has 0 spiro atoms. The Labute approximate surface area is 117 Å². The fraction of sp³-hybridized carbons (Fsp3) is 0.750. The van der Waals surface area contributed by atoms with Crippen LogP contribution in [0.4, 0.5) is 0 Å². The van der Waals surface area contributed by atoms with Gasteiger partial charge in [0.1, 0.15) is 6.10 Å². The number of halogens is 1. The van der Waals surface area contributed by atoms with E-state index in [2.05, 4.69) is 24.0 Å². The fourth-order valence-corrected chi connectivity index (χ4v) is 3.79. The van der Waals surface area contributed by atoms with E-state index in [-0.39, 0.29) is 6.04 Å². The Kier molecular flexibility index (Phi) is 4.95. The number of aryl methyl sites for hydroxylation is 1. The predicted molar refractivity (Wildman–Crippen MR) is 76.2 cm³/mol. The Hall–Kier alpha value is -0.230. The van der Waals surface area contributed by atoms with Crippen molar-refractivity contribution in [3.8, 4) is 0 Å². The van der Waals surface area contributed by atoms with Gasteiger partial charge in [0.2, 0.25) is 0 Å². The molecule has 102 valence electrons. The summed E-state index contributed by atoms with van der Waals surface area (Å²) in [4.78, 5) is 2.21. The standard InChI is InChI=1S/C12H20ClN3OS/c1-3-4-16-11(9(13)7-14-16)12(17)10-8-18-6-5-15(10)2/h7,10,12,17H,3-6,8H2,1-2H3. The first kappa shape index (κ1) is 14.2. The second-order valence-electron chi connectivity index (χ2n) is 4.67. The van der Waals surface area contributed by atoms with Gasteiger partial charge < -0.3 is 5.11 Å². The van der Waals surface area contributed by atoms with Crippen LogP contribution in [0.2, 0.25) is 5.02 Å². The molecule has 1 N–H and O–H groups in total. The molecule has 2 heterocycles. The molecule has 0 radical (unpaired) electrons. The Balaban J connectivity index is 2.21. The number of nitrogens with zero attached hydrogens (tertiary/aromatic N) is 3. The lowest BCUT2D eigenvalue weighted by Gasteiger charge is -2.35. The highest BCUT2D eigenvalue weighted by atomic mass is 35.5. The van der Waals surface area contributed by atoms with E-state index in [0.29, 0.717) is 5.02 Å². The number of aliphatic hydroxyl groups is 1. The lowest BCUT2D eigenvalue weighted by atomic mass is 10.1. The highest BCUT2D eigenvalue weighted by Crippen LogP contribution is 2.30. The lowest BCUT2D eigenvalue weighted by molar-refractivity contribution is 0.0688. The van der Waals surface area contributed by atoms with Crippen LogP contribution in [-0.2, 0) is 6.54 Å². The van der Waals surface area contributed by atoms with E-state index < -0.39 is 6.10 Å². The van der Waals surface area contributed by atoms with E-state index in [1.807, 2.05) is 16.4 Å². The van der Waals surface area contributed by atoms with Crippen LogP contribution in [0.5, 0.6) is 0 Å². The maximum atomic E-state index is 10.6. The SMILES string of the molecule is CCCn1ncc(Cl)c1C(O)C1CSCCN1C. The van der Waals surface area contributed by atoms with Crippen LogP contribution in [0.3, 0.4) is 0 Å². The minimum absolute atomic E-state index is 0.119. The largest absolute Gasteiger partial charge is 0.385 e. The molecule has 4 nitrogen and oxygen atoms in total. The average molecular weight is 290 g/mol.